The number of ether oxygens (including phenoxy) is 1. The first kappa shape index (κ1) is 19.2. The van der Waals surface area contributed by atoms with Crippen molar-refractivity contribution in [1.82, 2.24) is 15.2 Å². The average molecular weight is 392 g/mol. The fourth-order valence-electron chi connectivity index (χ4n) is 2.87. The highest BCUT2D eigenvalue weighted by Gasteiger charge is 2.22. The van der Waals surface area contributed by atoms with Crippen molar-refractivity contribution < 1.29 is 18.7 Å². The van der Waals surface area contributed by atoms with Crippen molar-refractivity contribution >= 4 is 23.2 Å². The van der Waals surface area contributed by atoms with E-state index in [4.69, 9.17) is 10.5 Å². The molecule has 1 aromatic heterocycles. The summed E-state index contributed by atoms with van der Waals surface area (Å²) in [5.41, 5.74) is 5.56. The summed E-state index contributed by atoms with van der Waals surface area (Å²) >= 11 is 1.34. The Morgan fingerprint density at radius 2 is 2.00 bits per heavy atom. The van der Waals surface area contributed by atoms with E-state index in [0.29, 0.717) is 16.5 Å². The number of piperidine rings is 1. The monoisotopic (exact) mass is 392 g/mol. The predicted octanol–water partition coefficient (Wildman–Crippen LogP) is 1.54. The molecule has 0 radical (unpaired) electrons. The van der Waals surface area contributed by atoms with Crippen molar-refractivity contribution in [3.05, 3.63) is 46.2 Å². The highest BCUT2D eigenvalue weighted by molar-refractivity contribution is 7.09. The molecule has 0 unspecified atom stereocenters. The Labute approximate surface area is 160 Å². The van der Waals surface area contributed by atoms with Crippen LogP contribution in [0, 0.1) is 5.82 Å². The van der Waals surface area contributed by atoms with Gasteiger partial charge in [-0.05, 0) is 37.1 Å². The molecule has 7 nitrogen and oxygen atoms in total. The third kappa shape index (κ3) is 5.73. The lowest BCUT2D eigenvalue weighted by molar-refractivity contribution is -0.119. The van der Waals surface area contributed by atoms with Crippen LogP contribution in [0.2, 0.25) is 0 Å². The van der Waals surface area contributed by atoms with Crippen LogP contribution in [0.1, 0.15) is 28.3 Å². The summed E-state index contributed by atoms with van der Waals surface area (Å²) in [4.78, 5) is 29.6. The first-order valence-corrected chi connectivity index (χ1v) is 9.52. The van der Waals surface area contributed by atoms with Crippen LogP contribution in [0.25, 0.3) is 0 Å². The van der Waals surface area contributed by atoms with E-state index < -0.39 is 0 Å². The van der Waals surface area contributed by atoms with Crippen LogP contribution in [0.15, 0.2) is 29.6 Å². The van der Waals surface area contributed by atoms with Gasteiger partial charge >= 0.3 is 0 Å². The lowest BCUT2D eigenvalue weighted by atomic mass is 10.0. The Morgan fingerprint density at radius 3 is 2.67 bits per heavy atom. The third-order valence-corrected chi connectivity index (χ3v) is 5.08. The van der Waals surface area contributed by atoms with Gasteiger partial charge in [-0.2, -0.15) is 0 Å². The molecule has 3 rings (SSSR count). The summed E-state index contributed by atoms with van der Waals surface area (Å²) in [6.07, 6.45) is 1.54. The number of nitrogens with one attached hydrogen (secondary N) is 1. The van der Waals surface area contributed by atoms with E-state index in [2.05, 4.69) is 10.3 Å². The van der Waals surface area contributed by atoms with Crippen molar-refractivity contribution in [2.75, 3.05) is 19.6 Å². The number of amides is 2. The second-order valence-electron chi connectivity index (χ2n) is 6.36. The largest absolute Gasteiger partial charge is 0.486 e. The van der Waals surface area contributed by atoms with Crippen LogP contribution in [-0.4, -0.2) is 47.4 Å². The van der Waals surface area contributed by atoms with E-state index in [0.717, 1.165) is 25.9 Å². The van der Waals surface area contributed by atoms with Crippen LogP contribution in [0.5, 0.6) is 5.75 Å². The number of hydrogen-bond acceptors (Lipinski definition) is 6. The Kier molecular flexibility index (Phi) is 6.36. The average Bonchev–Trinajstić information content (AvgIpc) is 3.12. The molecule has 1 fully saturated rings. The zero-order chi connectivity index (χ0) is 19.2. The SMILES string of the molecule is NC(=O)CN1CCC(NC(=O)c2csc(COc3ccc(F)cc3)n2)CC1. The van der Waals surface area contributed by atoms with E-state index >= 15 is 0 Å². The normalized spacial score (nSPS) is 15.4. The standard InChI is InChI=1S/C18H21FN4O3S/c19-12-1-3-14(4-2-12)26-10-17-22-15(11-27-17)18(25)21-13-5-7-23(8-6-13)9-16(20)24/h1-4,11,13H,5-10H2,(H2,20,24)(H,21,25). The van der Waals surface area contributed by atoms with E-state index in [1.165, 1.54) is 23.5 Å². The number of carbonyl (C=O) groups is 2. The number of likely N-dealkylation sites (tertiary alicyclic amines) is 1. The lowest BCUT2D eigenvalue weighted by Gasteiger charge is -2.31. The molecule has 3 N–H and O–H groups in total. The summed E-state index contributed by atoms with van der Waals surface area (Å²) in [6.45, 7) is 1.92. The summed E-state index contributed by atoms with van der Waals surface area (Å²) in [7, 11) is 0. The zero-order valence-electron chi connectivity index (χ0n) is 14.7. The Bertz CT molecular complexity index is 788. The molecule has 0 bridgehead atoms. The predicted molar refractivity (Wildman–Crippen MR) is 99.0 cm³/mol. The zero-order valence-corrected chi connectivity index (χ0v) is 15.5. The van der Waals surface area contributed by atoms with Crippen LogP contribution in [0.4, 0.5) is 4.39 Å². The Balaban J connectivity index is 1.46. The Morgan fingerprint density at radius 1 is 1.30 bits per heavy atom. The highest BCUT2D eigenvalue weighted by Crippen LogP contribution is 2.17. The second kappa shape index (κ2) is 8.92. The molecule has 1 aliphatic heterocycles. The number of carbonyl (C=O) groups excluding carboxylic acids is 2. The van der Waals surface area contributed by atoms with E-state index in [9.17, 15) is 14.0 Å². The van der Waals surface area contributed by atoms with Gasteiger partial charge in [0.15, 0.2) is 0 Å². The number of thiazole rings is 1. The van der Waals surface area contributed by atoms with Crippen molar-refractivity contribution in [2.24, 2.45) is 5.73 Å². The first-order chi connectivity index (χ1) is 13.0. The lowest BCUT2D eigenvalue weighted by Crippen LogP contribution is -2.46. The second-order valence-corrected chi connectivity index (χ2v) is 7.30. The number of aromatic nitrogens is 1. The van der Waals surface area contributed by atoms with Gasteiger partial charge in [-0.25, -0.2) is 9.37 Å². The quantitative estimate of drug-likeness (QED) is 0.745. The van der Waals surface area contributed by atoms with Crippen LogP contribution >= 0.6 is 11.3 Å². The Hall–Kier alpha value is -2.52. The molecular weight excluding hydrogens is 371 g/mol. The molecule has 0 aliphatic carbocycles. The topological polar surface area (TPSA) is 97.6 Å². The van der Waals surface area contributed by atoms with Crippen molar-refractivity contribution in [2.45, 2.75) is 25.5 Å². The minimum atomic E-state index is -0.338. The summed E-state index contributed by atoms with van der Waals surface area (Å²) in [5.74, 6) is -0.334. The molecule has 27 heavy (non-hydrogen) atoms. The van der Waals surface area contributed by atoms with Gasteiger partial charge in [0, 0.05) is 24.5 Å². The fraction of sp³-hybridized carbons (Fsp3) is 0.389. The molecule has 2 amide bonds. The smallest absolute Gasteiger partial charge is 0.270 e. The van der Waals surface area contributed by atoms with Crippen molar-refractivity contribution in [1.29, 1.82) is 0 Å². The molecule has 9 heteroatoms. The van der Waals surface area contributed by atoms with E-state index in [-0.39, 0.29) is 36.8 Å². The number of halogens is 1. The van der Waals surface area contributed by atoms with Gasteiger partial charge in [-0.3, -0.25) is 14.5 Å². The summed E-state index contributed by atoms with van der Waals surface area (Å²) in [5, 5.41) is 5.34. The van der Waals surface area contributed by atoms with Gasteiger partial charge in [0.05, 0.1) is 6.54 Å². The molecule has 0 saturated carbocycles. The molecule has 2 aromatic rings. The van der Waals surface area contributed by atoms with Crippen LogP contribution < -0.4 is 15.8 Å². The number of rotatable bonds is 7. The van der Waals surface area contributed by atoms with Crippen molar-refractivity contribution in [3.63, 3.8) is 0 Å². The van der Waals surface area contributed by atoms with Crippen LogP contribution in [-0.2, 0) is 11.4 Å². The molecule has 1 saturated heterocycles. The number of primary amides is 1. The van der Waals surface area contributed by atoms with Gasteiger partial charge in [-0.15, -0.1) is 11.3 Å². The van der Waals surface area contributed by atoms with E-state index in [1.54, 1.807) is 17.5 Å². The van der Waals surface area contributed by atoms with Gasteiger partial charge < -0.3 is 15.8 Å². The van der Waals surface area contributed by atoms with Crippen LogP contribution in [0.3, 0.4) is 0 Å². The number of hydrogen-bond donors (Lipinski definition) is 2. The molecule has 144 valence electrons. The number of nitrogens with zero attached hydrogens (tertiary/aromatic N) is 2. The molecular formula is C18H21FN4O3S. The van der Waals surface area contributed by atoms with E-state index in [1.807, 2.05) is 4.90 Å². The fourth-order valence-corrected chi connectivity index (χ4v) is 3.56. The summed E-state index contributed by atoms with van der Waals surface area (Å²) in [6, 6.07) is 5.79. The van der Waals surface area contributed by atoms with Gasteiger partial charge in [0.25, 0.3) is 5.91 Å². The first-order valence-electron chi connectivity index (χ1n) is 8.64. The maximum atomic E-state index is 12.9. The summed E-state index contributed by atoms with van der Waals surface area (Å²) < 4.78 is 18.4. The molecule has 2 heterocycles. The number of nitrogens with two attached hydrogens (primary N) is 1. The maximum Gasteiger partial charge on any atom is 0.270 e. The highest BCUT2D eigenvalue weighted by atomic mass is 32.1. The van der Waals surface area contributed by atoms with Gasteiger partial charge in [0.1, 0.15) is 28.9 Å². The maximum absolute atomic E-state index is 12.9. The minimum absolute atomic E-state index is 0.0576. The third-order valence-electron chi connectivity index (χ3n) is 4.26. The number of benzene rings is 1. The van der Waals surface area contributed by atoms with Gasteiger partial charge in [-0.1, -0.05) is 0 Å². The molecule has 0 spiro atoms. The minimum Gasteiger partial charge on any atom is -0.486 e. The van der Waals surface area contributed by atoms with Crippen molar-refractivity contribution in [3.8, 4) is 5.75 Å². The molecule has 0 atom stereocenters. The molecule has 1 aliphatic rings. The molecule has 1 aromatic carbocycles. The van der Waals surface area contributed by atoms with Gasteiger partial charge in [0.2, 0.25) is 5.91 Å².